The number of hydrogen-bond acceptors (Lipinski definition) is 3. The summed E-state index contributed by atoms with van der Waals surface area (Å²) in [5.41, 5.74) is 6.44. The van der Waals surface area contributed by atoms with E-state index in [0.29, 0.717) is 25.5 Å². The molecular formula is C32H31NO5. The molecule has 0 atom stereocenters. The Morgan fingerprint density at radius 2 is 1.63 bits per heavy atom. The predicted molar refractivity (Wildman–Crippen MR) is 148 cm³/mol. The first-order chi connectivity index (χ1) is 18.5. The summed E-state index contributed by atoms with van der Waals surface area (Å²) in [5, 5.41) is 19.3. The van der Waals surface area contributed by atoms with Crippen LogP contribution in [0.15, 0.2) is 72.9 Å². The molecule has 0 spiro atoms. The molecule has 6 nitrogen and oxygen atoms in total. The minimum absolute atomic E-state index is 0.0710. The maximum atomic E-state index is 11.5. The lowest BCUT2D eigenvalue weighted by molar-refractivity contribution is -0.137. The van der Waals surface area contributed by atoms with E-state index >= 15 is 0 Å². The minimum Gasteiger partial charge on any atom is -0.493 e. The third-order valence-electron chi connectivity index (χ3n) is 7.10. The molecule has 0 fully saturated rings. The van der Waals surface area contributed by atoms with Crippen molar-refractivity contribution in [1.82, 2.24) is 4.57 Å². The molecule has 1 aliphatic rings. The van der Waals surface area contributed by atoms with Crippen molar-refractivity contribution in [3.63, 3.8) is 0 Å². The number of rotatable bonds is 11. The van der Waals surface area contributed by atoms with Crippen LogP contribution < -0.4 is 4.74 Å². The Labute approximate surface area is 221 Å². The molecule has 1 aliphatic carbocycles. The summed E-state index contributed by atoms with van der Waals surface area (Å²) in [5.74, 6) is -0.381. The Bertz CT molecular complexity index is 1460. The second-order valence-electron chi connectivity index (χ2n) is 9.91. The summed E-state index contributed by atoms with van der Waals surface area (Å²) in [4.78, 5) is 22.5. The zero-order valence-corrected chi connectivity index (χ0v) is 21.2. The van der Waals surface area contributed by atoms with Crippen LogP contribution in [0.4, 0.5) is 0 Å². The van der Waals surface area contributed by atoms with Gasteiger partial charge in [0, 0.05) is 36.0 Å². The number of carbonyl (C=O) groups is 2. The van der Waals surface area contributed by atoms with Crippen LogP contribution in [0.1, 0.15) is 40.7 Å². The predicted octanol–water partition coefficient (Wildman–Crippen LogP) is 6.10. The fraction of sp³-hybridized carbons (Fsp3) is 0.250. The van der Waals surface area contributed by atoms with Gasteiger partial charge in [-0.1, -0.05) is 60.7 Å². The van der Waals surface area contributed by atoms with Gasteiger partial charge in [-0.3, -0.25) is 9.59 Å². The van der Waals surface area contributed by atoms with Gasteiger partial charge in [0.05, 0.1) is 13.0 Å². The Hall–Kier alpha value is -4.32. The van der Waals surface area contributed by atoms with Gasteiger partial charge in [-0.15, -0.1) is 0 Å². The van der Waals surface area contributed by atoms with E-state index in [4.69, 9.17) is 9.84 Å². The quantitative estimate of drug-likeness (QED) is 0.239. The number of hydrogen-bond donors (Lipinski definition) is 2. The Morgan fingerprint density at radius 1 is 0.895 bits per heavy atom. The van der Waals surface area contributed by atoms with E-state index in [1.54, 1.807) is 0 Å². The number of carboxylic acids is 2. The van der Waals surface area contributed by atoms with Crippen LogP contribution >= 0.6 is 0 Å². The molecule has 0 saturated heterocycles. The van der Waals surface area contributed by atoms with Gasteiger partial charge < -0.3 is 19.5 Å². The molecular weight excluding hydrogens is 478 g/mol. The van der Waals surface area contributed by atoms with Crippen LogP contribution in [0, 0.1) is 5.92 Å². The highest BCUT2D eigenvalue weighted by molar-refractivity contribution is 5.96. The zero-order chi connectivity index (χ0) is 26.5. The molecule has 0 radical (unpaired) electrons. The van der Waals surface area contributed by atoms with Crippen LogP contribution in [-0.2, 0) is 35.4 Å². The largest absolute Gasteiger partial charge is 0.493 e. The molecule has 0 amide bonds. The van der Waals surface area contributed by atoms with Gasteiger partial charge in [0.25, 0.3) is 0 Å². The average Bonchev–Trinajstić information content (AvgIpc) is 3.48. The zero-order valence-electron chi connectivity index (χ0n) is 21.2. The highest BCUT2D eigenvalue weighted by Crippen LogP contribution is 2.29. The molecule has 1 aromatic heterocycles. The molecule has 0 bridgehead atoms. The monoisotopic (exact) mass is 509 g/mol. The normalized spacial score (nSPS) is 13.3. The lowest BCUT2D eigenvalue weighted by atomic mass is 10.0. The summed E-state index contributed by atoms with van der Waals surface area (Å²) in [6.07, 6.45) is 8.44. The van der Waals surface area contributed by atoms with Crippen LogP contribution in [0.5, 0.6) is 5.75 Å². The lowest BCUT2D eigenvalue weighted by Crippen LogP contribution is -2.11. The van der Waals surface area contributed by atoms with Crippen LogP contribution in [-0.4, -0.2) is 33.3 Å². The summed E-state index contributed by atoms with van der Waals surface area (Å²) >= 11 is 0. The first kappa shape index (κ1) is 25.3. The second-order valence-corrected chi connectivity index (χ2v) is 9.91. The Morgan fingerprint density at radius 3 is 2.32 bits per heavy atom. The maximum absolute atomic E-state index is 11.5. The number of aryl methyl sites for hydroxylation is 1. The molecule has 3 aromatic carbocycles. The first-order valence-electron chi connectivity index (χ1n) is 13.0. The molecule has 0 aliphatic heterocycles. The maximum Gasteiger partial charge on any atom is 0.307 e. The average molecular weight is 510 g/mol. The number of aliphatic carboxylic acids is 2. The number of fused-ring (bicyclic) bond motifs is 2. The number of nitrogens with zero attached hydrogens (tertiary/aromatic N) is 1. The Balaban J connectivity index is 1.28. The molecule has 194 valence electrons. The summed E-state index contributed by atoms with van der Waals surface area (Å²) in [6.45, 7) is 1.21. The van der Waals surface area contributed by atoms with Crippen LogP contribution in [0.3, 0.4) is 0 Å². The molecule has 5 rings (SSSR count). The summed E-state index contributed by atoms with van der Waals surface area (Å²) < 4.78 is 8.04. The van der Waals surface area contributed by atoms with Gasteiger partial charge in [-0.05, 0) is 65.3 Å². The number of aromatic nitrogens is 1. The van der Waals surface area contributed by atoms with Crippen LogP contribution in [0.2, 0.25) is 0 Å². The van der Waals surface area contributed by atoms with E-state index in [0.717, 1.165) is 46.2 Å². The van der Waals surface area contributed by atoms with E-state index in [9.17, 15) is 14.7 Å². The molecule has 1 heterocycles. The fourth-order valence-corrected chi connectivity index (χ4v) is 5.33. The number of carboxylic acid groups (broad SMARTS) is 2. The van der Waals surface area contributed by atoms with E-state index in [1.807, 2.05) is 65.4 Å². The van der Waals surface area contributed by atoms with Crippen molar-refractivity contribution in [1.29, 1.82) is 0 Å². The number of benzene rings is 3. The first-order valence-corrected chi connectivity index (χ1v) is 13.0. The minimum atomic E-state index is -0.898. The molecule has 0 unspecified atom stereocenters. The SMILES string of the molecule is O=C(O)CCCn1cc(CC(=O)O)c2c(/C=C/c3ccc(OCC4Cc5ccccc5C4)cc3)cccc21. The van der Waals surface area contributed by atoms with Gasteiger partial charge >= 0.3 is 11.9 Å². The smallest absolute Gasteiger partial charge is 0.307 e. The highest BCUT2D eigenvalue weighted by atomic mass is 16.5. The van der Waals surface area contributed by atoms with Crippen molar-refractivity contribution in [3.05, 3.63) is 101 Å². The van der Waals surface area contributed by atoms with E-state index in [2.05, 4.69) is 24.3 Å². The van der Waals surface area contributed by atoms with E-state index in [1.165, 1.54) is 11.1 Å². The van der Waals surface area contributed by atoms with E-state index in [-0.39, 0.29) is 12.8 Å². The molecule has 0 saturated carbocycles. The second kappa shape index (κ2) is 11.4. The number of ether oxygens (including phenoxy) is 1. The van der Waals surface area contributed by atoms with Crippen LogP contribution in [0.25, 0.3) is 23.1 Å². The molecule has 2 N–H and O–H groups in total. The van der Waals surface area contributed by atoms with Crippen molar-refractivity contribution in [2.24, 2.45) is 5.92 Å². The Kier molecular flexibility index (Phi) is 7.59. The van der Waals surface area contributed by atoms with Gasteiger partial charge in [0.15, 0.2) is 0 Å². The molecule has 38 heavy (non-hydrogen) atoms. The van der Waals surface area contributed by atoms with E-state index < -0.39 is 11.9 Å². The van der Waals surface area contributed by atoms with Crippen molar-refractivity contribution in [2.45, 2.75) is 38.6 Å². The van der Waals surface area contributed by atoms with Gasteiger partial charge in [0.2, 0.25) is 0 Å². The third-order valence-corrected chi connectivity index (χ3v) is 7.10. The standard InChI is InChI=1S/C32H31NO5/c34-30(35)9-4-16-33-20-27(19-31(36)37)32-24(7-3-8-29(32)33)13-10-22-11-14-28(15-12-22)38-21-23-17-25-5-1-2-6-26(25)18-23/h1-3,5-8,10-15,20,23H,4,9,16-19,21H2,(H,34,35)(H,36,37)/b13-10+. The topological polar surface area (TPSA) is 88.8 Å². The fourth-order valence-electron chi connectivity index (χ4n) is 5.33. The summed E-state index contributed by atoms with van der Waals surface area (Å²) in [6, 6.07) is 22.5. The molecule has 4 aromatic rings. The van der Waals surface area contributed by atoms with Crippen molar-refractivity contribution >= 4 is 35.0 Å². The molecule has 6 heteroatoms. The van der Waals surface area contributed by atoms with Crippen molar-refractivity contribution in [2.75, 3.05) is 6.61 Å². The van der Waals surface area contributed by atoms with Gasteiger partial charge in [-0.25, -0.2) is 0 Å². The van der Waals surface area contributed by atoms with Gasteiger partial charge in [-0.2, -0.15) is 0 Å². The lowest BCUT2D eigenvalue weighted by Gasteiger charge is -2.11. The highest BCUT2D eigenvalue weighted by Gasteiger charge is 2.21. The summed E-state index contributed by atoms with van der Waals surface area (Å²) in [7, 11) is 0. The van der Waals surface area contributed by atoms with Gasteiger partial charge in [0.1, 0.15) is 5.75 Å². The van der Waals surface area contributed by atoms with Crippen molar-refractivity contribution in [3.8, 4) is 5.75 Å². The van der Waals surface area contributed by atoms with Crippen molar-refractivity contribution < 1.29 is 24.5 Å². The third kappa shape index (κ3) is 5.97.